The molecule has 1 unspecified atom stereocenters. The molecule has 1 saturated heterocycles. The fourth-order valence-corrected chi connectivity index (χ4v) is 1.70. The van der Waals surface area contributed by atoms with Gasteiger partial charge in [0, 0.05) is 25.8 Å². The minimum atomic E-state index is -1.05. The number of pyridine rings is 1. The molecule has 0 aliphatic carbocycles. The molecule has 0 amide bonds. The van der Waals surface area contributed by atoms with Gasteiger partial charge in [0.1, 0.15) is 17.0 Å². The zero-order chi connectivity index (χ0) is 12.3. The summed E-state index contributed by atoms with van der Waals surface area (Å²) in [7, 11) is 0. The van der Waals surface area contributed by atoms with Gasteiger partial charge in [0.05, 0.1) is 6.61 Å². The summed E-state index contributed by atoms with van der Waals surface area (Å²) in [5.74, 6) is -0.782. The molecule has 0 spiro atoms. The first-order valence-corrected chi connectivity index (χ1v) is 5.33. The second kappa shape index (κ2) is 4.68. The van der Waals surface area contributed by atoms with E-state index in [9.17, 15) is 9.90 Å². The fraction of sp³-hybridized carbons (Fsp3) is 0.455. The van der Waals surface area contributed by atoms with Gasteiger partial charge in [-0.25, -0.2) is 9.78 Å². The van der Waals surface area contributed by atoms with E-state index >= 15 is 0 Å². The average molecular weight is 238 g/mol. The number of carboxylic acid groups (broad SMARTS) is 1. The maximum atomic E-state index is 10.9. The van der Waals surface area contributed by atoms with Crippen molar-refractivity contribution in [3.8, 4) is 0 Å². The Morgan fingerprint density at radius 2 is 2.47 bits per heavy atom. The van der Waals surface area contributed by atoms with Gasteiger partial charge in [-0.2, -0.15) is 0 Å². The molecule has 0 saturated carbocycles. The summed E-state index contributed by atoms with van der Waals surface area (Å²) < 4.78 is 5.10. The fourth-order valence-electron chi connectivity index (χ4n) is 1.70. The lowest BCUT2D eigenvalue weighted by atomic mass is 10.0. The Morgan fingerprint density at radius 3 is 3.12 bits per heavy atom. The van der Waals surface area contributed by atoms with Crippen LogP contribution in [0.25, 0.3) is 0 Å². The molecule has 1 aliphatic heterocycles. The number of carbonyl (C=O) groups is 1. The highest BCUT2D eigenvalue weighted by molar-refractivity contribution is 5.92. The van der Waals surface area contributed by atoms with Gasteiger partial charge in [-0.05, 0) is 12.1 Å². The third-order valence-corrected chi connectivity index (χ3v) is 2.71. The standard InChI is InChI=1S/C11H14N2O4/c14-10(15)8-2-1-4-12-9(8)13-6-11(16)3-5-17-7-11/h1-2,4,16H,3,5-7H2,(H,12,13)(H,14,15). The van der Waals surface area contributed by atoms with Gasteiger partial charge in [0.25, 0.3) is 0 Å². The summed E-state index contributed by atoms with van der Waals surface area (Å²) in [6.07, 6.45) is 2.04. The van der Waals surface area contributed by atoms with E-state index in [0.29, 0.717) is 13.0 Å². The lowest BCUT2D eigenvalue weighted by Crippen LogP contribution is -2.37. The number of hydrogen-bond donors (Lipinski definition) is 3. The number of ether oxygens (including phenoxy) is 1. The molecular weight excluding hydrogens is 224 g/mol. The van der Waals surface area contributed by atoms with Crippen molar-refractivity contribution in [3.63, 3.8) is 0 Å². The number of hydrogen-bond acceptors (Lipinski definition) is 5. The molecule has 0 aromatic carbocycles. The SMILES string of the molecule is O=C(O)c1cccnc1NCC1(O)CCOC1. The van der Waals surface area contributed by atoms with E-state index in [1.165, 1.54) is 12.3 Å². The van der Waals surface area contributed by atoms with Crippen LogP contribution in [0.1, 0.15) is 16.8 Å². The second-order valence-corrected chi connectivity index (χ2v) is 4.09. The first-order chi connectivity index (χ1) is 8.11. The van der Waals surface area contributed by atoms with E-state index in [4.69, 9.17) is 9.84 Å². The molecule has 17 heavy (non-hydrogen) atoms. The van der Waals surface area contributed by atoms with E-state index in [1.807, 2.05) is 0 Å². The Morgan fingerprint density at radius 1 is 1.65 bits per heavy atom. The number of carboxylic acids is 1. The molecule has 3 N–H and O–H groups in total. The smallest absolute Gasteiger partial charge is 0.339 e. The summed E-state index contributed by atoms with van der Waals surface area (Å²) in [5.41, 5.74) is -0.845. The van der Waals surface area contributed by atoms with Crippen LogP contribution in [0.4, 0.5) is 5.82 Å². The second-order valence-electron chi connectivity index (χ2n) is 4.09. The van der Waals surface area contributed by atoms with Gasteiger partial charge >= 0.3 is 5.97 Å². The van der Waals surface area contributed by atoms with Crippen molar-refractivity contribution in [2.45, 2.75) is 12.0 Å². The average Bonchev–Trinajstić information content (AvgIpc) is 2.74. The van der Waals surface area contributed by atoms with Crippen molar-refractivity contribution in [1.82, 2.24) is 4.98 Å². The van der Waals surface area contributed by atoms with Crippen molar-refractivity contribution >= 4 is 11.8 Å². The lowest BCUT2D eigenvalue weighted by molar-refractivity contribution is 0.0380. The zero-order valence-electron chi connectivity index (χ0n) is 9.22. The third kappa shape index (κ3) is 2.72. The number of nitrogens with one attached hydrogen (secondary N) is 1. The molecule has 1 fully saturated rings. The number of aromatic nitrogens is 1. The topological polar surface area (TPSA) is 91.7 Å². The van der Waals surface area contributed by atoms with Gasteiger partial charge in [-0.1, -0.05) is 0 Å². The van der Waals surface area contributed by atoms with E-state index < -0.39 is 11.6 Å². The van der Waals surface area contributed by atoms with Crippen molar-refractivity contribution in [2.24, 2.45) is 0 Å². The maximum Gasteiger partial charge on any atom is 0.339 e. The van der Waals surface area contributed by atoms with Gasteiger partial charge in [0.2, 0.25) is 0 Å². The Bertz CT molecular complexity index is 416. The van der Waals surface area contributed by atoms with E-state index in [2.05, 4.69) is 10.3 Å². The van der Waals surface area contributed by atoms with Crippen LogP contribution in [0.3, 0.4) is 0 Å². The highest BCUT2D eigenvalue weighted by Crippen LogP contribution is 2.20. The molecule has 2 rings (SSSR count). The normalized spacial score (nSPS) is 23.6. The Balaban J connectivity index is 2.06. The molecule has 92 valence electrons. The molecule has 1 aromatic rings. The van der Waals surface area contributed by atoms with Crippen LogP contribution in [0.15, 0.2) is 18.3 Å². The number of anilines is 1. The number of nitrogens with zero attached hydrogens (tertiary/aromatic N) is 1. The van der Waals surface area contributed by atoms with Crippen molar-refractivity contribution in [3.05, 3.63) is 23.9 Å². The highest BCUT2D eigenvalue weighted by Gasteiger charge is 2.32. The van der Waals surface area contributed by atoms with Crippen LogP contribution in [-0.4, -0.2) is 46.5 Å². The number of rotatable bonds is 4. The summed E-state index contributed by atoms with van der Waals surface area (Å²) in [6.45, 7) is 1.01. The molecule has 1 aromatic heterocycles. The van der Waals surface area contributed by atoms with Gasteiger partial charge in [0.15, 0.2) is 0 Å². The molecule has 1 aliphatic rings. The molecular formula is C11H14N2O4. The van der Waals surface area contributed by atoms with E-state index in [0.717, 1.165) is 0 Å². The summed E-state index contributed by atoms with van der Waals surface area (Å²) in [5, 5.41) is 21.8. The maximum absolute atomic E-state index is 10.9. The first kappa shape index (κ1) is 11.8. The highest BCUT2D eigenvalue weighted by atomic mass is 16.5. The number of aromatic carboxylic acids is 1. The number of aliphatic hydroxyl groups is 1. The van der Waals surface area contributed by atoms with Crippen molar-refractivity contribution < 1.29 is 19.7 Å². The predicted molar refractivity (Wildman–Crippen MR) is 60.1 cm³/mol. The molecule has 0 radical (unpaired) electrons. The molecule has 2 heterocycles. The van der Waals surface area contributed by atoms with Gasteiger partial charge in [-0.15, -0.1) is 0 Å². The predicted octanol–water partition coefficient (Wildman–Crippen LogP) is 0.343. The van der Waals surface area contributed by atoms with Crippen LogP contribution in [-0.2, 0) is 4.74 Å². The molecule has 6 heteroatoms. The van der Waals surface area contributed by atoms with Gasteiger partial charge < -0.3 is 20.3 Å². The minimum absolute atomic E-state index is 0.0926. The molecule has 0 bridgehead atoms. The minimum Gasteiger partial charge on any atom is -0.478 e. The Hall–Kier alpha value is -1.66. The van der Waals surface area contributed by atoms with E-state index in [-0.39, 0.29) is 24.5 Å². The first-order valence-electron chi connectivity index (χ1n) is 5.33. The zero-order valence-corrected chi connectivity index (χ0v) is 9.22. The van der Waals surface area contributed by atoms with Crippen molar-refractivity contribution in [1.29, 1.82) is 0 Å². The largest absolute Gasteiger partial charge is 0.478 e. The Labute approximate surface area is 98.2 Å². The van der Waals surface area contributed by atoms with E-state index in [1.54, 1.807) is 6.07 Å². The van der Waals surface area contributed by atoms with Crippen LogP contribution in [0.5, 0.6) is 0 Å². The lowest BCUT2D eigenvalue weighted by Gasteiger charge is -2.21. The molecule has 6 nitrogen and oxygen atoms in total. The van der Waals surface area contributed by atoms with Crippen LogP contribution < -0.4 is 5.32 Å². The van der Waals surface area contributed by atoms with Crippen LogP contribution >= 0.6 is 0 Å². The summed E-state index contributed by atoms with van der Waals surface area (Å²) in [6, 6.07) is 3.02. The summed E-state index contributed by atoms with van der Waals surface area (Å²) >= 11 is 0. The van der Waals surface area contributed by atoms with Gasteiger partial charge in [-0.3, -0.25) is 0 Å². The molecule has 1 atom stereocenters. The van der Waals surface area contributed by atoms with Crippen LogP contribution in [0.2, 0.25) is 0 Å². The van der Waals surface area contributed by atoms with Crippen molar-refractivity contribution in [2.75, 3.05) is 25.1 Å². The summed E-state index contributed by atoms with van der Waals surface area (Å²) in [4.78, 5) is 14.9. The monoisotopic (exact) mass is 238 g/mol. The Kier molecular flexibility index (Phi) is 3.26. The third-order valence-electron chi connectivity index (χ3n) is 2.71. The van der Waals surface area contributed by atoms with Crippen LogP contribution in [0, 0.1) is 0 Å². The quantitative estimate of drug-likeness (QED) is 0.700.